The average molecular weight is 286 g/mol. The molecule has 1 aromatic rings. The van der Waals surface area contributed by atoms with E-state index >= 15 is 0 Å². The van der Waals surface area contributed by atoms with Crippen molar-refractivity contribution in [1.29, 1.82) is 0 Å². The van der Waals surface area contributed by atoms with E-state index in [1.165, 1.54) is 25.7 Å². The van der Waals surface area contributed by atoms with E-state index in [-0.39, 0.29) is 0 Å². The van der Waals surface area contributed by atoms with Crippen molar-refractivity contribution in [1.82, 2.24) is 9.97 Å². The topological polar surface area (TPSA) is 37.8 Å². The number of nitrogens with zero attached hydrogens (tertiary/aromatic N) is 2. The fourth-order valence-electron chi connectivity index (χ4n) is 2.48. The van der Waals surface area contributed by atoms with Gasteiger partial charge in [-0.2, -0.15) is 11.8 Å². The maximum absolute atomic E-state index is 6.09. The standard InChI is InChI=1S/C13H20ClN3S/c1-9-11(14)16-10(2)17-12(9)15-8-13(18-3)6-4-5-7-13/h4-8H2,1-3H3,(H,15,16,17). The molecule has 5 heteroatoms. The normalized spacial score (nSPS) is 18.0. The minimum absolute atomic E-state index is 0.373. The lowest BCUT2D eigenvalue weighted by molar-refractivity contribution is 0.638. The molecular formula is C13H20ClN3S. The second-order valence-corrected chi connectivity index (χ2v) is 6.62. The number of aromatic nitrogens is 2. The van der Waals surface area contributed by atoms with Crippen LogP contribution in [0.5, 0.6) is 0 Å². The van der Waals surface area contributed by atoms with Gasteiger partial charge in [0.1, 0.15) is 16.8 Å². The van der Waals surface area contributed by atoms with Crippen LogP contribution >= 0.6 is 23.4 Å². The van der Waals surface area contributed by atoms with Crippen molar-refractivity contribution in [2.75, 3.05) is 18.1 Å². The monoisotopic (exact) mass is 285 g/mol. The molecule has 1 saturated carbocycles. The van der Waals surface area contributed by atoms with Crippen molar-refractivity contribution in [2.45, 2.75) is 44.3 Å². The van der Waals surface area contributed by atoms with Crippen LogP contribution in [0.1, 0.15) is 37.1 Å². The molecule has 0 spiro atoms. The number of hydrogen-bond acceptors (Lipinski definition) is 4. The zero-order valence-electron chi connectivity index (χ0n) is 11.2. The van der Waals surface area contributed by atoms with Crippen molar-refractivity contribution >= 4 is 29.2 Å². The molecule has 1 fully saturated rings. The van der Waals surface area contributed by atoms with E-state index in [0.717, 1.165) is 23.8 Å². The van der Waals surface area contributed by atoms with E-state index in [1.807, 2.05) is 25.6 Å². The fraction of sp³-hybridized carbons (Fsp3) is 0.692. The van der Waals surface area contributed by atoms with Gasteiger partial charge in [0.25, 0.3) is 0 Å². The number of rotatable bonds is 4. The van der Waals surface area contributed by atoms with Gasteiger partial charge in [0, 0.05) is 16.9 Å². The number of anilines is 1. The van der Waals surface area contributed by atoms with Crippen molar-refractivity contribution in [3.05, 3.63) is 16.5 Å². The predicted octanol–water partition coefficient (Wildman–Crippen LogP) is 3.83. The summed E-state index contributed by atoms with van der Waals surface area (Å²) in [6.45, 7) is 4.79. The molecule has 3 nitrogen and oxygen atoms in total. The van der Waals surface area contributed by atoms with Crippen LogP contribution in [0.25, 0.3) is 0 Å². The summed E-state index contributed by atoms with van der Waals surface area (Å²) in [7, 11) is 0. The molecule has 0 aliphatic heterocycles. The Bertz CT molecular complexity index is 430. The first-order chi connectivity index (χ1) is 8.56. The summed E-state index contributed by atoms with van der Waals surface area (Å²) in [6, 6.07) is 0. The molecule has 0 atom stereocenters. The molecule has 18 heavy (non-hydrogen) atoms. The lowest BCUT2D eigenvalue weighted by Gasteiger charge is -2.27. The summed E-state index contributed by atoms with van der Waals surface area (Å²) in [5.41, 5.74) is 0.941. The van der Waals surface area contributed by atoms with E-state index < -0.39 is 0 Å². The van der Waals surface area contributed by atoms with Crippen LogP contribution in [-0.2, 0) is 0 Å². The number of halogens is 1. The first-order valence-corrected chi connectivity index (χ1v) is 7.96. The largest absolute Gasteiger partial charge is 0.368 e. The van der Waals surface area contributed by atoms with E-state index in [4.69, 9.17) is 11.6 Å². The van der Waals surface area contributed by atoms with Gasteiger partial charge in [0.15, 0.2) is 0 Å². The highest BCUT2D eigenvalue weighted by Crippen LogP contribution is 2.40. The van der Waals surface area contributed by atoms with Crippen molar-refractivity contribution in [2.24, 2.45) is 0 Å². The van der Waals surface area contributed by atoms with Crippen LogP contribution in [0, 0.1) is 13.8 Å². The van der Waals surface area contributed by atoms with Crippen molar-refractivity contribution in [3.63, 3.8) is 0 Å². The SMILES string of the molecule is CSC1(CNc2nc(C)nc(Cl)c2C)CCCC1. The van der Waals surface area contributed by atoms with Crippen LogP contribution in [0.2, 0.25) is 5.15 Å². The van der Waals surface area contributed by atoms with E-state index in [1.54, 1.807) is 0 Å². The first kappa shape index (κ1) is 13.9. The summed E-state index contributed by atoms with van der Waals surface area (Å²) in [6.07, 6.45) is 7.46. The van der Waals surface area contributed by atoms with Gasteiger partial charge < -0.3 is 5.32 Å². The van der Waals surface area contributed by atoms with Gasteiger partial charge in [-0.1, -0.05) is 24.4 Å². The Balaban J connectivity index is 2.10. The fourth-order valence-corrected chi connectivity index (χ4v) is 3.61. The van der Waals surface area contributed by atoms with Crippen molar-refractivity contribution < 1.29 is 0 Å². The maximum atomic E-state index is 6.09. The Labute approximate surface area is 118 Å². The highest BCUT2D eigenvalue weighted by atomic mass is 35.5. The van der Waals surface area contributed by atoms with E-state index in [9.17, 15) is 0 Å². The molecule has 1 N–H and O–H groups in total. The molecule has 1 heterocycles. The first-order valence-electron chi connectivity index (χ1n) is 6.36. The Kier molecular flexibility index (Phi) is 4.38. The Morgan fingerprint density at radius 1 is 1.28 bits per heavy atom. The zero-order chi connectivity index (χ0) is 13.2. The van der Waals surface area contributed by atoms with Crippen LogP contribution in [0.15, 0.2) is 0 Å². The molecule has 1 aliphatic rings. The van der Waals surface area contributed by atoms with Gasteiger partial charge >= 0.3 is 0 Å². The Hall–Kier alpha value is -0.480. The van der Waals surface area contributed by atoms with Gasteiger partial charge in [0.05, 0.1) is 0 Å². The van der Waals surface area contributed by atoms with Gasteiger partial charge in [-0.25, -0.2) is 9.97 Å². The van der Waals surface area contributed by atoms with Crippen LogP contribution in [0.3, 0.4) is 0 Å². The highest BCUT2D eigenvalue weighted by molar-refractivity contribution is 8.00. The predicted molar refractivity (Wildman–Crippen MR) is 79.7 cm³/mol. The third kappa shape index (κ3) is 2.91. The average Bonchev–Trinajstić information content (AvgIpc) is 2.81. The lowest BCUT2D eigenvalue weighted by Crippen LogP contribution is -2.30. The van der Waals surface area contributed by atoms with Crippen LogP contribution in [0.4, 0.5) is 5.82 Å². The second-order valence-electron chi connectivity index (χ2n) is 4.98. The molecule has 0 aromatic carbocycles. The smallest absolute Gasteiger partial charge is 0.137 e. The van der Waals surface area contributed by atoms with Gasteiger partial charge in [0.2, 0.25) is 0 Å². The molecule has 1 aromatic heterocycles. The molecular weight excluding hydrogens is 266 g/mol. The number of thioether (sulfide) groups is 1. The second kappa shape index (κ2) is 5.66. The van der Waals surface area contributed by atoms with Crippen LogP contribution < -0.4 is 5.32 Å². The highest BCUT2D eigenvalue weighted by Gasteiger charge is 2.32. The quantitative estimate of drug-likeness (QED) is 0.853. The third-order valence-electron chi connectivity index (χ3n) is 3.72. The molecule has 0 saturated heterocycles. The molecule has 1 aliphatic carbocycles. The Morgan fingerprint density at radius 3 is 2.56 bits per heavy atom. The molecule has 0 unspecified atom stereocenters. The minimum Gasteiger partial charge on any atom is -0.368 e. The summed E-state index contributed by atoms with van der Waals surface area (Å²) in [5.74, 6) is 1.60. The lowest BCUT2D eigenvalue weighted by atomic mass is 10.1. The molecule has 0 radical (unpaired) electrons. The molecule has 0 bridgehead atoms. The Morgan fingerprint density at radius 2 is 1.94 bits per heavy atom. The summed E-state index contributed by atoms with van der Waals surface area (Å²) < 4.78 is 0.373. The zero-order valence-corrected chi connectivity index (χ0v) is 12.8. The molecule has 0 amide bonds. The number of aryl methyl sites for hydroxylation is 1. The van der Waals surface area contributed by atoms with Crippen LogP contribution in [-0.4, -0.2) is 27.5 Å². The van der Waals surface area contributed by atoms with E-state index in [2.05, 4.69) is 21.5 Å². The number of hydrogen-bond donors (Lipinski definition) is 1. The summed E-state index contributed by atoms with van der Waals surface area (Å²) in [4.78, 5) is 8.60. The molecule has 2 rings (SSSR count). The molecule has 100 valence electrons. The maximum Gasteiger partial charge on any atom is 0.137 e. The van der Waals surface area contributed by atoms with Gasteiger partial charge in [-0.3, -0.25) is 0 Å². The van der Waals surface area contributed by atoms with Gasteiger partial charge in [-0.05, 0) is 32.9 Å². The third-order valence-corrected chi connectivity index (χ3v) is 5.51. The van der Waals surface area contributed by atoms with Gasteiger partial charge in [-0.15, -0.1) is 0 Å². The van der Waals surface area contributed by atoms with Crippen molar-refractivity contribution in [3.8, 4) is 0 Å². The summed E-state index contributed by atoms with van der Waals surface area (Å²) >= 11 is 8.06. The van der Waals surface area contributed by atoms with E-state index in [0.29, 0.717) is 9.90 Å². The number of nitrogens with one attached hydrogen (secondary N) is 1. The summed E-state index contributed by atoms with van der Waals surface area (Å²) in [5, 5.41) is 4.02. The minimum atomic E-state index is 0.373.